The summed E-state index contributed by atoms with van der Waals surface area (Å²) < 4.78 is 16.9. The number of aromatic nitrogens is 2. The van der Waals surface area contributed by atoms with Crippen LogP contribution in [0.15, 0.2) is 47.3 Å². The lowest BCUT2D eigenvalue weighted by atomic mass is 10.1. The van der Waals surface area contributed by atoms with Crippen LogP contribution in [0.4, 0.5) is 4.79 Å². The first kappa shape index (κ1) is 28.7. The van der Waals surface area contributed by atoms with Gasteiger partial charge in [0.25, 0.3) is 11.3 Å². The van der Waals surface area contributed by atoms with Gasteiger partial charge in [-0.1, -0.05) is 49.2 Å². The van der Waals surface area contributed by atoms with Crippen molar-refractivity contribution in [3.63, 3.8) is 0 Å². The molecule has 1 heterocycles. The number of ketones is 1. The number of alkyl carbamates (subject to hydrolysis) is 1. The fourth-order valence-corrected chi connectivity index (χ4v) is 3.92. The molecule has 0 radical (unpaired) electrons. The Morgan fingerprint density at radius 3 is 2.24 bits per heavy atom. The van der Waals surface area contributed by atoms with Gasteiger partial charge >= 0.3 is 12.0 Å². The van der Waals surface area contributed by atoms with Crippen LogP contribution in [-0.2, 0) is 16.1 Å². The molecule has 1 N–H and O–H groups in total. The van der Waals surface area contributed by atoms with E-state index in [0.29, 0.717) is 11.3 Å². The third-order valence-corrected chi connectivity index (χ3v) is 5.82. The van der Waals surface area contributed by atoms with Crippen LogP contribution >= 0.6 is 23.2 Å². The molecule has 2 aromatic carbocycles. The summed E-state index contributed by atoms with van der Waals surface area (Å²) in [6.45, 7) is 5.47. The van der Waals surface area contributed by atoms with Crippen LogP contribution in [0.3, 0.4) is 0 Å². The highest BCUT2D eigenvalue weighted by molar-refractivity contribution is 6.46. The number of methoxy groups -OCH3 is 1. The normalized spacial score (nSPS) is 10.7. The van der Waals surface area contributed by atoms with Crippen molar-refractivity contribution in [1.82, 2.24) is 15.1 Å². The number of carbonyl (C=O) groups is 3. The second-order valence-electron chi connectivity index (χ2n) is 8.28. The summed E-state index contributed by atoms with van der Waals surface area (Å²) in [6.07, 6.45) is -1.06. The average molecular weight is 562 g/mol. The predicted octanol–water partition coefficient (Wildman–Crippen LogP) is 4.98. The first-order chi connectivity index (χ1) is 18.0. The summed E-state index contributed by atoms with van der Waals surface area (Å²) in [5, 5.41) is 5.94. The molecule has 0 fully saturated rings. The number of nitrogens with zero attached hydrogens (tertiary/aromatic N) is 2. The van der Waals surface area contributed by atoms with Gasteiger partial charge in [-0.3, -0.25) is 19.7 Å². The van der Waals surface area contributed by atoms with Crippen molar-refractivity contribution in [3.8, 4) is 17.4 Å². The van der Waals surface area contributed by atoms with Gasteiger partial charge in [0.1, 0.15) is 5.75 Å². The molecule has 0 atom stereocenters. The third-order valence-electron chi connectivity index (χ3n) is 5.26. The van der Waals surface area contributed by atoms with E-state index in [4.69, 9.17) is 32.7 Å². The minimum absolute atomic E-state index is 0.0248. The van der Waals surface area contributed by atoms with Crippen molar-refractivity contribution in [3.05, 3.63) is 79.6 Å². The topological polar surface area (TPSA) is 126 Å². The van der Waals surface area contributed by atoms with Crippen LogP contribution in [0.2, 0.25) is 10.0 Å². The van der Waals surface area contributed by atoms with Gasteiger partial charge in [0.15, 0.2) is 5.75 Å². The molecular weight excluding hydrogens is 537 g/mol. The van der Waals surface area contributed by atoms with Gasteiger partial charge < -0.3 is 14.2 Å². The Kier molecular flexibility index (Phi) is 9.49. The minimum atomic E-state index is -1.21. The summed E-state index contributed by atoms with van der Waals surface area (Å²) in [5.41, 5.74) is 0.814. The minimum Gasteiger partial charge on any atom is -0.497 e. The van der Waals surface area contributed by atoms with Crippen LogP contribution in [0.25, 0.3) is 0 Å². The molecule has 2 amide bonds. The van der Waals surface area contributed by atoms with Crippen LogP contribution in [0, 0.1) is 0 Å². The number of Topliss-reactive ketones (excluding diaryl/α,β-unsaturated/α-hetero) is 1. The molecule has 3 rings (SSSR count). The van der Waals surface area contributed by atoms with E-state index in [9.17, 15) is 19.2 Å². The number of hydrogen-bond acceptors (Lipinski definition) is 8. The van der Waals surface area contributed by atoms with Gasteiger partial charge in [-0.05, 0) is 42.7 Å². The quantitative estimate of drug-likeness (QED) is 0.286. The number of hydrogen-bond donors (Lipinski definition) is 1. The van der Waals surface area contributed by atoms with E-state index in [2.05, 4.69) is 9.84 Å². The van der Waals surface area contributed by atoms with Crippen molar-refractivity contribution in [2.75, 3.05) is 13.7 Å². The summed E-state index contributed by atoms with van der Waals surface area (Å²) in [4.78, 5) is 49.0. The van der Waals surface area contributed by atoms with E-state index >= 15 is 0 Å². The molecule has 0 bridgehead atoms. The fourth-order valence-electron chi connectivity index (χ4n) is 3.35. The van der Waals surface area contributed by atoms with E-state index in [0.717, 1.165) is 5.56 Å². The van der Waals surface area contributed by atoms with Crippen molar-refractivity contribution in [2.24, 2.45) is 0 Å². The summed E-state index contributed by atoms with van der Waals surface area (Å²) in [5.74, 6) is -1.71. The summed E-state index contributed by atoms with van der Waals surface area (Å²) in [6, 6.07) is 11.0. The molecule has 10 nitrogen and oxygen atoms in total. The zero-order chi connectivity index (χ0) is 28.0. The van der Waals surface area contributed by atoms with Crippen LogP contribution in [0.1, 0.15) is 48.2 Å². The molecule has 0 aliphatic rings. The maximum absolute atomic E-state index is 13.0. The standard InChI is InChI=1S/C26H25Cl2N3O7/c1-5-37-26(35)29-24(33)22(32)16-10-19(27)23(20(28)11-16)38-21-12-18(14(2)3)25(34)31(30-21)13-15-6-8-17(36-4)9-7-15/h6-12,14H,5,13H2,1-4H3,(H,29,33,35). The predicted molar refractivity (Wildman–Crippen MR) is 141 cm³/mol. The number of benzene rings is 2. The van der Waals surface area contributed by atoms with Gasteiger partial charge in [0, 0.05) is 17.2 Å². The number of carbonyl (C=O) groups excluding carboxylic acids is 3. The van der Waals surface area contributed by atoms with Crippen molar-refractivity contribution in [2.45, 2.75) is 33.2 Å². The maximum atomic E-state index is 13.0. The second-order valence-corrected chi connectivity index (χ2v) is 9.09. The highest BCUT2D eigenvalue weighted by Gasteiger charge is 2.23. The number of imide groups is 1. The van der Waals surface area contributed by atoms with E-state index in [-0.39, 0.29) is 51.9 Å². The molecule has 0 saturated heterocycles. The van der Waals surface area contributed by atoms with Gasteiger partial charge in [0.05, 0.1) is 30.3 Å². The monoisotopic (exact) mass is 561 g/mol. The van der Waals surface area contributed by atoms with Crippen molar-refractivity contribution in [1.29, 1.82) is 0 Å². The first-order valence-electron chi connectivity index (χ1n) is 11.5. The molecule has 0 aliphatic carbocycles. The maximum Gasteiger partial charge on any atom is 0.414 e. The van der Waals surface area contributed by atoms with Crippen molar-refractivity contribution < 1.29 is 28.6 Å². The zero-order valence-electron chi connectivity index (χ0n) is 21.0. The van der Waals surface area contributed by atoms with Crippen molar-refractivity contribution >= 4 is 41.0 Å². The Balaban J connectivity index is 1.91. The SMILES string of the molecule is CCOC(=O)NC(=O)C(=O)c1cc(Cl)c(Oc2cc(C(C)C)c(=O)n(Cc3ccc(OC)cc3)n2)c(Cl)c1. The van der Waals surface area contributed by atoms with Crippen LogP contribution < -0.4 is 20.3 Å². The fraction of sp³-hybridized carbons (Fsp3) is 0.269. The number of ether oxygens (including phenoxy) is 3. The molecule has 38 heavy (non-hydrogen) atoms. The lowest BCUT2D eigenvalue weighted by Gasteiger charge is -2.15. The van der Waals surface area contributed by atoms with Gasteiger partial charge in [0.2, 0.25) is 5.88 Å². The molecule has 0 spiro atoms. The number of amides is 2. The smallest absolute Gasteiger partial charge is 0.414 e. The highest BCUT2D eigenvalue weighted by Crippen LogP contribution is 2.37. The molecule has 12 heteroatoms. The molecule has 0 saturated carbocycles. The Labute approximate surface area is 228 Å². The molecular formula is C26H25Cl2N3O7. The second kappa shape index (κ2) is 12.6. The highest BCUT2D eigenvalue weighted by atomic mass is 35.5. The Morgan fingerprint density at radius 2 is 1.68 bits per heavy atom. The Bertz CT molecular complexity index is 1400. The molecule has 0 unspecified atom stereocenters. The molecule has 0 aliphatic heterocycles. The van der Waals surface area contributed by atoms with Crippen LogP contribution in [-0.4, -0.2) is 41.3 Å². The third kappa shape index (κ3) is 6.90. The van der Waals surface area contributed by atoms with Crippen LogP contribution in [0.5, 0.6) is 17.4 Å². The number of rotatable bonds is 9. The number of halogens is 2. The Morgan fingerprint density at radius 1 is 1.05 bits per heavy atom. The van der Waals surface area contributed by atoms with Gasteiger partial charge in [-0.2, -0.15) is 0 Å². The Hall–Kier alpha value is -3.89. The molecule has 1 aromatic heterocycles. The average Bonchev–Trinajstić information content (AvgIpc) is 2.87. The van der Waals surface area contributed by atoms with Gasteiger partial charge in [-0.25, -0.2) is 9.48 Å². The van der Waals surface area contributed by atoms with E-state index in [1.807, 2.05) is 31.3 Å². The van der Waals surface area contributed by atoms with E-state index in [1.165, 1.54) is 22.9 Å². The lowest BCUT2D eigenvalue weighted by molar-refractivity contribution is -0.116. The van der Waals surface area contributed by atoms with E-state index < -0.39 is 17.8 Å². The van der Waals surface area contributed by atoms with Gasteiger partial charge in [-0.15, -0.1) is 5.10 Å². The zero-order valence-corrected chi connectivity index (χ0v) is 22.6. The molecule has 3 aromatic rings. The summed E-state index contributed by atoms with van der Waals surface area (Å²) >= 11 is 12.7. The number of nitrogens with one attached hydrogen (secondary N) is 1. The molecule has 200 valence electrons. The largest absolute Gasteiger partial charge is 0.497 e. The first-order valence-corrected chi connectivity index (χ1v) is 12.2. The van der Waals surface area contributed by atoms with E-state index in [1.54, 1.807) is 26.2 Å². The lowest BCUT2D eigenvalue weighted by Crippen LogP contribution is -2.36. The summed E-state index contributed by atoms with van der Waals surface area (Å²) in [7, 11) is 1.56.